The number of rotatable bonds is 7. The maximum absolute atomic E-state index is 13.6. The summed E-state index contributed by atoms with van der Waals surface area (Å²) in [6, 6.07) is 11.4. The minimum absolute atomic E-state index is 0.0785. The summed E-state index contributed by atoms with van der Waals surface area (Å²) in [7, 11) is 0. The second-order valence-electron chi connectivity index (χ2n) is 8.73. The molecule has 0 saturated heterocycles. The number of hydrogen-bond donors (Lipinski definition) is 0. The molecule has 0 aliphatic rings. The van der Waals surface area contributed by atoms with Crippen LogP contribution in [0, 0.1) is 5.82 Å². The molecule has 2 heterocycles. The fourth-order valence-corrected chi connectivity index (χ4v) is 4.06. The molecule has 1 atom stereocenters. The number of aromatic nitrogens is 3. The van der Waals surface area contributed by atoms with Crippen molar-refractivity contribution in [2.75, 3.05) is 6.54 Å². The van der Waals surface area contributed by atoms with Gasteiger partial charge in [0.05, 0.1) is 35.6 Å². The van der Waals surface area contributed by atoms with E-state index in [0.717, 1.165) is 12.1 Å². The maximum Gasteiger partial charge on any atom is 0.416 e. The lowest BCUT2D eigenvalue weighted by molar-refractivity contribution is -0.137. The highest BCUT2D eigenvalue weighted by molar-refractivity contribution is 5.86. The highest BCUT2D eigenvalue weighted by Crippen LogP contribution is 2.29. The third kappa shape index (κ3) is 5.61. The summed E-state index contributed by atoms with van der Waals surface area (Å²) in [6.45, 7) is 2.53. The van der Waals surface area contributed by atoms with Crippen LogP contribution in [0.2, 0.25) is 0 Å². The van der Waals surface area contributed by atoms with E-state index in [-0.39, 0.29) is 41.3 Å². The van der Waals surface area contributed by atoms with Crippen molar-refractivity contribution in [2.24, 2.45) is 0 Å². The van der Waals surface area contributed by atoms with Crippen LogP contribution < -0.4 is 5.56 Å². The minimum Gasteiger partial charge on any atom is -0.325 e. The van der Waals surface area contributed by atoms with Gasteiger partial charge in [0.15, 0.2) is 5.65 Å². The average molecular weight is 526 g/mol. The second-order valence-corrected chi connectivity index (χ2v) is 8.73. The molecule has 0 aliphatic heterocycles. The molecule has 0 unspecified atom stereocenters. The summed E-state index contributed by atoms with van der Waals surface area (Å²) in [5.41, 5.74) is -0.633. The van der Waals surface area contributed by atoms with Crippen molar-refractivity contribution in [1.82, 2.24) is 19.4 Å². The number of ketones is 1. The number of benzene rings is 2. The molecule has 0 bridgehead atoms. The van der Waals surface area contributed by atoms with Crippen LogP contribution in [0.15, 0.2) is 71.7 Å². The van der Waals surface area contributed by atoms with E-state index in [1.54, 1.807) is 13.0 Å². The standard InChI is InChI=1S/C27H22F4N4O3/c1-16(36)15-34(23(37)14-18-5-7-19(8-6-18)27(29,30)31)17(2)25-33-24-22(4-3-13-32-24)26(38)35(25)21-11-9-20(28)10-12-21/h3-13,17H,14-15H2,1-2H3/t17-/m1/s1. The molecule has 11 heteroatoms. The SMILES string of the molecule is CC(=O)CN(C(=O)Cc1ccc(C(F)(F)F)cc1)[C@H](C)c1nc2ncccc2c(=O)n1-c1ccc(F)cc1. The van der Waals surface area contributed by atoms with Crippen LogP contribution >= 0.6 is 0 Å². The third-order valence-electron chi connectivity index (χ3n) is 5.95. The molecule has 0 aliphatic carbocycles. The first-order valence-electron chi connectivity index (χ1n) is 11.5. The number of fused-ring (bicyclic) bond motifs is 1. The lowest BCUT2D eigenvalue weighted by Gasteiger charge is -2.30. The van der Waals surface area contributed by atoms with E-state index in [4.69, 9.17) is 0 Å². The van der Waals surface area contributed by atoms with Gasteiger partial charge in [0, 0.05) is 6.20 Å². The van der Waals surface area contributed by atoms with Gasteiger partial charge in [0.25, 0.3) is 5.56 Å². The normalized spacial score (nSPS) is 12.4. The molecule has 2 aromatic heterocycles. The van der Waals surface area contributed by atoms with Crippen LogP contribution in [0.4, 0.5) is 17.6 Å². The number of halogens is 4. The Morgan fingerprint density at radius 2 is 1.68 bits per heavy atom. The zero-order valence-corrected chi connectivity index (χ0v) is 20.4. The molecule has 1 amide bonds. The molecule has 0 spiro atoms. The van der Waals surface area contributed by atoms with Crippen LogP contribution in [0.5, 0.6) is 0 Å². The lowest BCUT2D eigenvalue weighted by atomic mass is 10.1. The molecule has 38 heavy (non-hydrogen) atoms. The van der Waals surface area contributed by atoms with Gasteiger partial charge in [-0.25, -0.2) is 14.4 Å². The maximum atomic E-state index is 13.6. The Bertz CT molecular complexity index is 1550. The van der Waals surface area contributed by atoms with E-state index in [1.807, 2.05) is 0 Å². The van der Waals surface area contributed by atoms with Crippen molar-refractivity contribution in [1.29, 1.82) is 0 Å². The number of nitrogens with zero attached hydrogens (tertiary/aromatic N) is 4. The smallest absolute Gasteiger partial charge is 0.325 e. The molecule has 7 nitrogen and oxygen atoms in total. The van der Waals surface area contributed by atoms with Crippen LogP contribution in [0.25, 0.3) is 16.7 Å². The summed E-state index contributed by atoms with van der Waals surface area (Å²) < 4.78 is 53.6. The number of pyridine rings is 1. The van der Waals surface area contributed by atoms with Crippen molar-refractivity contribution in [3.05, 3.63) is 100.0 Å². The fourth-order valence-electron chi connectivity index (χ4n) is 4.06. The van der Waals surface area contributed by atoms with Gasteiger partial charge in [0.1, 0.15) is 17.4 Å². The van der Waals surface area contributed by atoms with Gasteiger partial charge in [-0.3, -0.25) is 19.0 Å². The fraction of sp³-hybridized carbons (Fsp3) is 0.222. The van der Waals surface area contributed by atoms with Crippen molar-refractivity contribution in [2.45, 2.75) is 32.5 Å². The third-order valence-corrected chi connectivity index (χ3v) is 5.95. The van der Waals surface area contributed by atoms with E-state index in [1.165, 1.54) is 65.1 Å². The van der Waals surface area contributed by atoms with Gasteiger partial charge in [-0.1, -0.05) is 12.1 Å². The Morgan fingerprint density at radius 3 is 2.29 bits per heavy atom. The summed E-state index contributed by atoms with van der Waals surface area (Å²) in [5, 5.41) is 0.196. The number of carbonyl (C=O) groups excluding carboxylic acids is 2. The number of amides is 1. The minimum atomic E-state index is -4.52. The molecule has 0 radical (unpaired) electrons. The number of hydrogen-bond acceptors (Lipinski definition) is 5. The van der Waals surface area contributed by atoms with E-state index in [9.17, 15) is 31.9 Å². The van der Waals surface area contributed by atoms with Crippen LogP contribution in [-0.2, 0) is 22.2 Å². The van der Waals surface area contributed by atoms with E-state index >= 15 is 0 Å². The quantitative estimate of drug-likeness (QED) is 0.327. The summed E-state index contributed by atoms with van der Waals surface area (Å²) in [4.78, 5) is 48.8. The van der Waals surface area contributed by atoms with Gasteiger partial charge >= 0.3 is 6.18 Å². The van der Waals surface area contributed by atoms with Crippen LogP contribution in [0.3, 0.4) is 0 Å². The monoisotopic (exact) mass is 526 g/mol. The van der Waals surface area contributed by atoms with Crippen molar-refractivity contribution in [3.8, 4) is 5.69 Å². The molecule has 0 N–H and O–H groups in total. The Kier molecular flexibility index (Phi) is 7.38. The molecular formula is C27H22F4N4O3. The molecule has 4 aromatic rings. The Hall–Kier alpha value is -4.41. The zero-order chi connectivity index (χ0) is 27.6. The van der Waals surface area contributed by atoms with Gasteiger partial charge in [-0.2, -0.15) is 13.2 Å². The number of alkyl halides is 3. The Morgan fingerprint density at radius 1 is 1.03 bits per heavy atom. The van der Waals surface area contributed by atoms with E-state index in [2.05, 4.69) is 9.97 Å². The first-order chi connectivity index (χ1) is 18.0. The molecule has 0 saturated carbocycles. The lowest BCUT2D eigenvalue weighted by Crippen LogP contribution is -2.40. The highest BCUT2D eigenvalue weighted by Gasteiger charge is 2.31. The molecule has 0 fully saturated rings. The average Bonchev–Trinajstić information content (AvgIpc) is 2.87. The van der Waals surface area contributed by atoms with Crippen molar-refractivity contribution in [3.63, 3.8) is 0 Å². The van der Waals surface area contributed by atoms with Crippen molar-refractivity contribution >= 4 is 22.7 Å². The summed E-state index contributed by atoms with van der Waals surface area (Å²) in [6.07, 6.45) is -3.35. The van der Waals surface area contributed by atoms with Gasteiger partial charge < -0.3 is 4.90 Å². The zero-order valence-electron chi connectivity index (χ0n) is 20.4. The van der Waals surface area contributed by atoms with Crippen LogP contribution in [-0.4, -0.2) is 37.7 Å². The molecule has 2 aromatic carbocycles. The van der Waals surface area contributed by atoms with Gasteiger partial charge in [-0.05, 0) is 67.9 Å². The summed E-state index contributed by atoms with van der Waals surface area (Å²) in [5.74, 6) is -1.35. The number of Topliss-reactive ketones (excluding diaryl/α,β-unsaturated/α-hetero) is 1. The Balaban J connectivity index is 1.78. The number of carbonyl (C=O) groups is 2. The molecule has 4 rings (SSSR count). The largest absolute Gasteiger partial charge is 0.416 e. The predicted octanol–water partition coefficient (Wildman–Crippen LogP) is 4.66. The van der Waals surface area contributed by atoms with E-state index < -0.39 is 35.1 Å². The van der Waals surface area contributed by atoms with E-state index in [0.29, 0.717) is 5.56 Å². The van der Waals surface area contributed by atoms with Gasteiger partial charge in [-0.15, -0.1) is 0 Å². The summed E-state index contributed by atoms with van der Waals surface area (Å²) >= 11 is 0. The Labute approximate surface area is 214 Å². The first-order valence-corrected chi connectivity index (χ1v) is 11.5. The van der Waals surface area contributed by atoms with Crippen LogP contribution in [0.1, 0.15) is 36.8 Å². The molecular weight excluding hydrogens is 504 g/mol. The predicted molar refractivity (Wildman–Crippen MR) is 131 cm³/mol. The second kappa shape index (κ2) is 10.5. The van der Waals surface area contributed by atoms with Gasteiger partial charge in [0.2, 0.25) is 5.91 Å². The van der Waals surface area contributed by atoms with Crippen molar-refractivity contribution < 1.29 is 27.2 Å². The topological polar surface area (TPSA) is 85.2 Å². The highest BCUT2D eigenvalue weighted by atomic mass is 19.4. The first kappa shape index (κ1) is 26.6. The molecule has 196 valence electrons.